The van der Waals surface area contributed by atoms with E-state index in [0.29, 0.717) is 13.0 Å². The number of carbonyl (C=O) groups excluding carboxylic acids is 1. The number of ether oxygens (including phenoxy) is 1. The number of anilines is 1. The molecule has 0 radical (unpaired) electrons. The Morgan fingerprint density at radius 2 is 2.22 bits per heavy atom. The third kappa shape index (κ3) is 4.15. The molecule has 0 saturated carbocycles. The highest BCUT2D eigenvalue weighted by atomic mass is 31.2. The van der Waals surface area contributed by atoms with Gasteiger partial charge >= 0.3 is 13.4 Å². The van der Waals surface area contributed by atoms with Crippen molar-refractivity contribution in [1.29, 1.82) is 0 Å². The number of aliphatic hydroxyl groups excluding tert-OH is 2. The van der Waals surface area contributed by atoms with Crippen LogP contribution in [0, 0.1) is 0 Å². The second kappa shape index (κ2) is 8.86. The second-order valence-electron chi connectivity index (χ2n) is 7.40. The topological polar surface area (TPSA) is 216 Å². The molecular formula is C16H24N7O8P. The minimum Gasteiger partial charge on any atom is -0.387 e. The first kappa shape index (κ1) is 22.8. The van der Waals surface area contributed by atoms with Gasteiger partial charge in [0, 0.05) is 7.11 Å². The van der Waals surface area contributed by atoms with Gasteiger partial charge in [-0.3, -0.25) is 18.9 Å². The normalized spacial score (nSPS) is 29.9. The Balaban J connectivity index is 1.47. The summed E-state index contributed by atoms with van der Waals surface area (Å²) in [6.45, 7) is 0.161. The number of H-pyrrole nitrogens is 1. The number of fused-ring (bicyclic) bond motifs is 1. The van der Waals surface area contributed by atoms with Gasteiger partial charge in [-0.15, -0.1) is 0 Å². The zero-order valence-electron chi connectivity index (χ0n) is 17.0. The van der Waals surface area contributed by atoms with E-state index in [9.17, 15) is 24.4 Å². The molecule has 6 atom stereocenters. The van der Waals surface area contributed by atoms with Crippen LogP contribution in [0.15, 0.2) is 11.1 Å². The Bertz CT molecular complexity index is 1100. The smallest absolute Gasteiger partial charge is 0.387 e. The number of aromatic nitrogens is 4. The number of aliphatic hydroxyl groups is 2. The Morgan fingerprint density at radius 1 is 1.44 bits per heavy atom. The van der Waals surface area contributed by atoms with Crippen LogP contribution in [0.3, 0.4) is 0 Å². The Morgan fingerprint density at radius 3 is 2.91 bits per heavy atom. The van der Waals surface area contributed by atoms with Crippen LogP contribution in [-0.4, -0.2) is 80.3 Å². The molecule has 15 nitrogen and oxygen atoms in total. The molecule has 2 aromatic heterocycles. The van der Waals surface area contributed by atoms with Crippen molar-refractivity contribution in [3.8, 4) is 0 Å². The third-order valence-corrected chi connectivity index (χ3v) is 6.86. The molecule has 0 spiro atoms. The number of nitrogen functional groups attached to an aromatic ring is 1. The number of rotatable bonds is 7. The van der Waals surface area contributed by atoms with Crippen molar-refractivity contribution in [3.05, 3.63) is 16.8 Å². The van der Waals surface area contributed by atoms with Crippen molar-refractivity contribution in [3.63, 3.8) is 0 Å². The van der Waals surface area contributed by atoms with Crippen molar-refractivity contribution in [2.75, 3.05) is 26.0 Å². The molecule has 0 aromatic carbocycles. The number of hydrogen-bond acceptors (Lipinski definition) is 12. The van der Waals surface area contributed by atoms with Gasteiger partial charge in [-0.2, -0.15) is 0 Å². The van der Waals surface area contributed by atoms with E-state index < -0.39 is 56.5 Å². The molecule has 2 saturated heterocycles. The number of carbonyl (C=O) groups is 1. The number of nitrogens with two attached hydrogens (primary N) is 1. The van der Waals surface area contributed by atoms with E-state index in [1.165, 1.54) is 0 Å². The zero-order chi connectivity index (χ0) is 23.0. The van der Waals surface area contributed by atoms with Crippen molar-refractivity contribution in [2.24, 2.45) is 0 Å². The van der Waals surface area contributed by atoms with Crippen LogP contribution in [0.25, 0.3) is 11.2 Å². The van der Waals surface area contributed by atoms with E-state index in [0.717, 1.165) is 24.4 Å². The quantitative estimate of drug-likeness (QED) is 0.240. The van der Waals surface area contributed by atoms with Crippen molar-refractivity contribution in [2.45, 2.75) is 43.4 Å². The summed E-state index contributed by atoms with van der Waals surface area (Å²) in [5.74, 6) is -0.520. The molecule has 32 heavy (non-hydrogen) atoms. The van der Waals surface area contributed by atoms with Crippen molar-refractivity contribution in [1.82, 2.24) is 29.9 Å². The summed E-state index contributed by atoms with van der Waals surface area (Å²) in [6, 6.07) is -0.509. The Kier molecular flexibility index (Phi) is 6.31. The molecule has 0 unspecified atom stereocenters. The van der Waals surface area contributed by atoms with Gasteiger partial charge in [-0.05, 0) is 19.4 Å². The van der Waals surface area contributed by atoms with Gasteiger partial charge in [0.25, 0.3) is 0 Å². The number of aromatic amines is 1. The fraction of sp³-hybridized carbons (Fsp3) is 0.625. The fourth-order valence-corrected chi connectivity index (χ4v) is 4.73. The van der Waals surface area contributed by atoms with Crippen LogP contribution in [0.5, 0.6) is 0 Å². The van der Waals surface area contributed by atoms with E-state index in [4.69, 9.17) is 19.5 Å². The number of hydrogen-bond donors (Lipinski definition) is 6. The average molecular weight is 473 g/mol. The molecule has 2 aromatic rings. The standard InChI is InChI=1S/C16H24N7O8P/c1-29-32(28,22-14(26)7-3-2-4-18-7)30-5-8-10(24)11(25)15(31-8)23-13-9(21-16(23)27)12(17)19-6-20-13/h6-8,10-11,15,18,24-25H,2-5H2,1H3,(H,21,27)(H2,17,19,20)(H,22,26,28)/t7-,8-,10+,11+,15-,32-/m1/s1. The van der Waals surface area contributed by atoms with Gasteiger partial charge < -0.3 is 31.0 Å². The molecule has 0 bridgehead atoms. The molecule has 176 valence electrons. The predicted molar refractivity (Wildman–Crippen MR) is 108 cm³/mol. The monoisotopic (exact) mass is 473 g/mol. The highest BCUT2D eigenvalue weighted by Gasteiger charge is 2.46. The summed E-state index contributed by atoms with van der Waals surface area (Å²) < 4.78 is 29.5. The minimum absolute atomic E-state index is 0.0206. The largest absolute Gasteiger partial charge is 0.434 e. The van der Waals surface area contributed by atoms with E-state index in [2.05, 4.69) is 25.4 Å². The summed E-state index contributed by atoms with van der Waals surface area (Å²) in [7, 11) is -2.97. The molecule has 4 rings (SSSR count). The van der Waals surface area contributed by atoms with Crippen molar-refractivity contribution < 1.29 is 33.4 Å². The average Bonchev–Trinajstić information content (AvgIpc) is 3.47. The maximum absolute atomic E-state index is 12.8. The number of imidazole rings is 1. The maximum Gasteiger partial charge on any atom is 0.434 e. The van der Waals surface area contributed by atoms with E-state index in [-0.39, 0.29) is 17.0 Å². The van der Waals surface area contributed by atoms with Crippen molar-refractivity contribution >= 4 is 30.6 Å². The molecule has 1 amide bonds. The second-order valence-corrected chi connectivity index (χ2v) is 9.25. The van der Waals surface area contributed by atoms with Gasteiger partial charge in [0.05, 0.1) is 12.6 Å². The maximum atomic E-state index is 12.8. The Hall–Kier alpha value is -2.39. The molecule has 7 N–H and O–H groups in total. The molecule has 2 fully saturated rings. The summed E-state index contributed by atoms with van der Waals surface area (Å²) >= 11 is 0. The van der Waals surface area contributed by atoms with Crippen LogP contribution < -0.4 is 21.8 Å². The van der Waals surface area contributed by atoms with E-state index in [1.807, 2.05) is 0 Å². The minimum atomic E-state index is -4.07. The molecular weight excluding hydrogens is 449 g/mol. The van der Waals surface area contributed by atoms with Gasteiger partial charge in [0.1, 0.15) is 30.2 Å². The van der Waals surface area contributed by atoms with E-state index in [1.54, 1.807) is 0 Å². The third-order valence-electron chi connectivity index (χ3n) is 5.40. The lowest BCUT2D eigenvalue weighted by Gasteiger charge is -2.21. The van der Waals surface area contributed by atoms with Gasteiger partial charge in [-0.25, -0.2) is 23.9 Å². The fourth-order valence-electron chi connectivity index (χ4n) is 3.69. The first-order valence-corrected chi connectivity index (χ1v) is 11.4. The molecule has 2 aliphatic rings. The summed E-state index contributed by atoms with van der Waals surface area (Å²) in [5.41, 5.74) is 5.26. The van der Waals surface area contributed by atoms with Gasteiger partial charge in [0.15, 0.2) is 17.7 Å². The highest BCUT2D eigenvalue weighted by Crippen LogP contribution is 2.44. The molecule has 4 heterocycles. The van der Waals surface area contributed by atoms with Crippen LogP contribution >= 0.6 is 7.75 Å². The lowest BCUT2D eigenvalue weighted by atomic mass is 10.1. The molecule has 16 heteroatoms. The summed E-state index contributed by atoms with van der Waals surface area (Å²) in [4.78, 5) is 34.9. The lowest BCUT2D eigenvalue weighted by molar-refractivity contribution is -0.121. The summed E-state index contributed by atoms with van der Waals surface area (Å²) in [6.07, 6.45) is -3.06. The number of nitrogens with one attached hydrogen (secondary N) is 3. The number of nitrogens with zero attached hydrogens (tertiary/aromatic N) is 3. The lowest BCUT2D eigenvalue weighted by Crippen LogP contribution is -2.40. The van der Waals surface area contributed by atoms with Crippen LogP contribution in [0.2, 0.25) is 0 Å². The first-order valence-electron chi connectivity index (χ1n) is 9.82. The Labute approximate surface area is 180 Å². The predicted octanol–water partition coefficient (Wildman–Crippen LogP) is -2.04. The zero-order valence-corrected chi connectivity index (χ0v) is 17.9. The van der Waals surface area contributed by atoms with Gasteiger partial charge in [0.2, 0.25) is 5.91 Å². The van der Waals surface area contributed by atoms with Crippen LogP contribution in [0.4, 0.5) is 5.82 Å². The molecule has 2 aliphatic heterocycles. The molecule has 0 aliphatic carbocycles. The highest BCUT2D eigenvalue weighted by molar-refractivity contribution is 7.52. The van der Waals surface area contributed by atoms with Crippen LogP contribution in [-0.2, 0) is 23.1 Å². The van der Waals surface area contributed by atoms with Crippen LogP contribution in [0.1, 0.15) is 19.1 Å². The number of amides is 1. The van der Waals surface area contributed by atoms with Gasteiger partial charge in [-0.1, -0.05) is 0 Å². The summed E-state index contributed by atoms with van der Waals surface area (Å²) in [5, 5.41) is 26.1. The first-order chi connectivity index (χ1) is 15.2. The van der Waals surface area contributed by atoms with E-state index >= 15 is 0 Å². The SMILES string of the molecule is CO[P@](=O)(NC(=O)[C@H]1CCCN1)OC[C@H]1O[C@@H](n2c(=O)[nH]c3c(N)ncnc32)[C@@H](O)[C@H]1O.